The fourth-order valence-electron chi connectivity index (χ4n) is 2.33. The van der Waals surface area contributed by atoms with Crippen molar-refractivity contribution in [1.29, 1.82) is 0 Å². The minimum atomic E-state index is -3.60. The quantitative estimate of drug-likeness (QED) is 0.761. The van der Waals surface area contributed by atoms with Crippen LogP contribution in [0.3, 0.4) is 0 Å². The van der Waals surface area contributed by atoms with Gasteiger partial charge in [-0.05, 0) is 32.2 Å². The van der Waals surface area contributed by atoms with Crippen molar-refractivity contribution in [2.24, 2.45) is 0 Å². The Morgan fingerprint density at radius 3 is 2.43 bits per heavy atom. The fourth-order valence-corrected chi connectivity index (χ4v) is 3.41. The molecule has 0 radical (unpaired) electrons. The van der Waals surface area contributed by atoms with Gasteiger partial charge in [0.15, 0.2) is 0 Å². The minimum absolute atomic E-state index is 0.0921. The first-order valence-electron chi connectivity index (χ1n) is 7.53. The Morgan fingerprint density at radius 1 is 1.13 bits per heavy atom. The minimum Gasteiger partial charge on any atom is -0.462 e. The van der Waals surface area contributed by atoms with Crippen LogP contribution in [0.25, 0.3) is 10.8 Å². The lowest BCUT2D eigenvalue weighted by atomic mass is 10.1. The molecule has 0 aliphatic carbocycles. The summed E-state index contributed by atoms with van der Waals surface area (Å²) in [5.74, 6) is -0.657. The summed E-state index contributed by atoms with van der Waals surface area (Å²) in [5, 5.41) is 1.70. The van der Waals surface area contributed by atoms with Gasteiger partial charge in [0.2, 0.25) is 10.0 Å². The molecule has 0 spiro atoms. The molecule has 0 saturated carbocycles. The summed E-state index contributed by atoms with van der Waals surface area (Å²) in [7, 11) is -3.60. The lowest BCUT2D eigenvalue weighted by Gasteiger charge is -2.24. The van der Waals surface area contributed by atoms with Gasteiger partial charge in [-0.15, -0.1) is 0 Å². The molecule has 2 aromatic carbocycles. The average molecular weight is 335 g/mol. The van der Waals surface area contributed by atoms with Gasteiger partial charge in [-0.25, -0.2) is 8.42 Å². The van der Waals surface area contributed by atoms with E-state index in [-0.39, 0.29) is 18.4 Å². The first kappa shape index (κ1) is 17.3. The van der Waals surface area contributed by atoms with Crippen LogP contribution in [-0.2, 0) is 19.6 Å². The van der Waals surface area contributed by atoms with Crippen molar-refractivity contribution in [2.75, 3.05) is 16.6 Å². The molecule has 0 bridgehead atoms. The van der Waals surface area contributed by atoms with Crippen molar-refractivity contribution in [2.45, 2.75) is 26.9 Å². The van der Waals surface area contributed by atoms with E-state index >= 15 is 0 Å². The second-order valence-electron chi connectivity index (χ2n) is 5.44. The van der Waals surface area contributed by atoms with Crippen LogP contribution in [0.2, 0.25) is 0 Å². The molecule has 0 fully saturated rings. The predicted octanol–water partition coefficient (Wildman–Crippen LogP) is 2.95. The van der Waals surface area contributed by atoms with Crippen LogP contribution in [0.1, 0.15) is 20.8 Å². The zero-order valence-electron chi connectivity index (χ0n) is 13.5. The van der Waals surface area contributed by atoms with Crippen LogP contribution in [0.5, 0.6) is 0 Å². The van der Waals surface area contributed by atoms with Crippen molar-refractivity contribution >= 4 is 32.5 Å². The number of carbonyl (C=O) groups excluding carboxylic acids is 1. The Hall–Kier alpha value is -2.08. The van der Waals surface area contributed by atoms with E-state index < -0.39 is 16.0 Å². The molecular weight excluding hydrogens is 314 g/mol. The van der Waals surface area contributed by atoms with E-state index in [1.54, 1.807) is 32.9 Å². The average Bonchev–Trinajstić information content (AvgIpc) is 2.51. The highest BCUT2D eigenvalue weighted by Crippen LogP contribution is 2.28. The summed E-state index contributed by atoms with van der Waals surface area (Å²) in [6.07, 6.45) is -0.291. The summed E-state index contributed by atoms with van der Waals surface area (Å²) in [6.45, 7) is 4.69. The van der Waals surface area contributed by atoms with Gasteiger partial charge >= 0.3 is 5.97 Å². The maximum atomic E-state index is 12.5. The SMILES string of the molecule is CCS(=O)(=O)N(CC(=O)OC(C)C)c1cccc2ccccc12. The van der Waals surface area contributed by atoms with Gasteiger partial charge in [0.05, 0.1) is 17.5 Å². The van der Waals surface area contributed by atoms with Gasteiger partial charge in [0, 0.05) is 5.39 Å². The molecule has 0 saturated heterocycles. The second-order valence-corrected chi connectivity index (χ2v) is 7.63. The van der Waals surface area contributed by atoms with Crippen molar-refractivity contribution < 1.29 is 17.9 Å². The van der Waals surface area contributed by atoms with E-state index in [9.17, 15) is 13.2 Å². The van der Waals surface area contributed by atoms with Gasteiger partial charge in [0.25, 0.3) is 0 Å². The van der Waals surface area contributed by atoms with Crippen molar-refractivity contribution in [1.82, 2.24) is 0 Å². The lowest BCUT2D eigenvalue weighted by Crippen LogP contribution is -2.38. The molecule has 23 heavy (non-hydrogen) atoms. The zero-order chi connectivity index (χ0) is 17.0. The zero-order valence-corrected chi connectivity index (χ0v) is 14.3. The van der Waals surface area contributed by atoms with Crippen LogP contribution in [0.4, 0.5) is 5.69 Å². The van der Waals surface area contributed by atoms with E-state index in [2.05, 4.69) is 0 Å². The maximum absolute atomic E-state index is 12.5. The lowest BCUT2D eigenvalue weighted by molar-refractivity contribution is -0.145. The van der Waals surface area contributed by atoms with E-state index in [4.69, 9.17) is 4.74 Å². The largest absolute Gasteiger partial charge is 0.462 e. The number of benzene rings is 2. The monoisotopic (exact) mass is 335 g/mol. The van der Waals surface area contributed by atoms with Crippen LogP contribution >= 0.6 is 0 Å². The Balaban J connectivity index is 2.51. The number of rotatable bonds is 6. The van der Waals surface area contributed by atoms with Gasteiger partial charge < -0.3 is 4.74 Å². The van der Waals surface area contributed by atoms with Gasteiger partial charge in [-0.2, -0.15) is 0 Å². The van der Waals surface area contributed by atoms with E-state index in [1.807, 2.05) is 30.3 Å². The first-order chi connectivity index (χ1) is 10.8. The summed E-state index contributed by atoms with van der Waals surface area (Å²) in [4.78, 5) is 12.0. The smallest absolute Gasteiger partial charge is 0.327 e. The number of sulfonamides is 1. The predicted molar refractivity (Wildman–Crippen MR) is 92.0 cm³/mol. The number of ether oxygens (including phenoxy) is 1. The van der Waals surface area contributed by atoms with Gasteiger partial charge in [-0.3, -0.25) is 9.10 Å². The van der Waals surface area contributed by atoms with Crippen molar-refractivity contribution in [3.63, 3.8) is 0 Å². The van der Waals surface area contributed by atoms with Crippen LogP contribution in [0.15, 0.2) is 42.5 Å². The fraction of sp³-hybridized carbons (Fsp3) is 0.353. The third-order valence-electron chi connectivity index (χ3n) is 3.38. The Morgan fingerprint density at radius 2 is 1.78 bits per heavy atom. The Kier molecular flexibility index (Phi) is 5.26. The maximum Gasteiger partial charge on any atom is 0.327 e. The molecule has 2 rings (SSSR count). The molecule has 124 valence electrons. The molecule has 0 aromatic heterocycles. The third kappa shape index (κ3) is 4.01. The molecular formula is C17H21NO4S. The molecule has 0 heterocycles. The number of anilines is 1. The van der Waals surface area contributed by atoms with Crippen LogP contribution in [-0.4, -0.2) is 32.8 Å². The Bertz CT molecular complexity index is 794. The third-order valence-corrected chi connectivity index (χ3v) is 5.10. The molecule has 5 nitrogen and oxygen atoms in total. The topological polar surface area (TPSA) is 63.7 Å². The van der Waals surface area contributed by atoms with E-state index in [0.717, 1.165) is 15.1 Å². The second kappa shape index (κ2) is 7.00. The van der Waals surface area contributed by atoms with Crippen LogP contribution in [0, 0.1) is 0 Å². The number of esters is 1. The summed E-state index contributed by atoms with van der Waals surface area (Å²) < 4.78 is 31.2. The van der Waals surface area contributed by atoms with E-state index in [0.29, 0.717) is 5.69 Å². The molecule has 0 unspecified atom stereocenters. The molecule has 0 aliphatic rings. The molecule has 0 N–H and O–H groups in total. The highest BCUT2D eigenvalue weighted by Gasteiger charge is 2.25. The molecule has 0 amide bonds. The highest BCUT2D eigenvalue weighted by molar-refractivity contribution is 7.92. The number of hydrogen-bond acceptors (Lipinski definition) is 4. The molecule has 0 atom stereocenters. The van der Waals surface area contributed by atoms with Crippen molar-refractivity contribution in [3.8, 4) is 0 Å². The normalized spacial score (nSPS) is 11.7. The van der Waals surface area contributed by atoms with Crippen molar-refractivity contribution in [3.05, 3.63) is 42.5 Å². The van der Waals surface area contributed by atoms with Gasteiger partial charge in [-0.1, -0.05) is 36.4 Å². The van der Waals surface area contributed by atoms with Gasteiger partial charge in [0.1, 0.15) is 6.54 Å². The van der Waals surface area contributed by atoms with E-state index in [1.165, 1.54) is 0 Å². The Labute approximate surface area is 136 Å². The summed E-state index contributed by atoms with van der Waals surface area (Å²) in [5.41, 5.74) is 0.491. The first-order valence-corrected chi connectivity index (χ1v) is 9.13. The van der Waals surface area contributed by atoms with Crippen LogP contribution < -0.4 is 4.31 Å². The number of hydrogen-bond donors (Lipinski definition) is 0. The summed E-state index contributed by atoms with van der Waals surface area (Å²) in [6, 6.07) is 12.9. The number of carbonyl (C=O) groups is 1. The number of nitrogens with zero attached hydrogens (tertiary/aromatic N) is 1. The molecule has 6 heteroatoms. The molecule has 0 aliphatic heterocycles. The number of fused-ring (bicyclic) bond motifs is 1. The standard InChI is InChI=1S/C17H21NO4S/c1-4-23(20,21)18(12-17(19)22-13(2)3)16-11-7-9-14-8-5-6-10-15(14)16/h5-11,13H,4,12H2,1-3H3. The molecule has 2 aromatic rings. The highest BCUT2D eigenvalue weighted by atomic mass is 32.2. The summed E-state index contributed by atoms with van der Waals surface area (Å²) >= 11 is 0.